The molecule has 7 heteroatoms. The molecule has 2 aromatic heterocycles. The maximum Gasteiger partial charge on any atom is 0.326 e. The molecule has 0 spiro atoms. The number of amides is 2. The maximum absolute atomic E-state index is 12.9. The zero-order chi connectivity index (χ0) is 18.5. The molecule has 2 amide bonds. The van der Waals surface area contributed by atoms with E-state index in [9.17, 15) is 4.79 Å². The predicted molar refractivity (Wildman–Crippen MR) is 105 cm³/mol. The number of rotatable bonds is 5. The molecule has 2 heterocycles. The Morgan fingerprint density at radius 1 is 0.963 bits per heavy atom. The van der Waals surface area contributed by atoms with Crippen LogP contribution in [0.25, 0.3) is 10.8 Å². The second-order valence-corrected chi connectivity index (χ2v) is 6.61. The minimum atomic E-state index is -0.269. The van der Waals surface area contributed by atoms with Crippen LogP contribution in [0.15, 0.2) is 82.7 Å². The average Bonchev–Trinajstić information content (AvgIpc) is 3.40. The van der Waals surface area contributed by atoms with Crippen molar-refractivity contribution in [1.29, 1.82) is 0 Å². The van der Waals surface area contributed by atoms with E-state index in [4.69, 9.17) is 4.52 Å². The minimum absolute atomic E-state index is 0.171. The molecule has 0 fully saturated rings. The molecule has 1 N–H and O–H groups in total. The fourth-order valence-electron chi connectivity index (χ4n) is 2.60. The lowest BCUT2D eigenvalue weighted by atomic mass is 10.2. The summed E-state index contributed by atoms with van der Waals surface area (Å²) in [7, 11) is 0. The summed E-state index contributed by atoms with van der Waals surface area (Å²) < 4.78 is 5.26. The fourth-order valence-corrected chi connectivity index (χ4v) is 3.24. The Morgan fingerprint density at radius 2 is 1.63 bits per heavy atom. The number of hydrogen-bond donors (Lipinski definition) is 1. The van der Waals surface area contributed by atoms with Crippen LogP contribution in [0.2, 0.25) is 0 Å². The van der Waals surface area contributed by atoms with Crippen molar-refractivity contribution in [2.45, 2.75) is 6.54 Å². The van der Waals surface area contributed by atoms with Gasteiger partial charge in [-0.15, -0.1) is 11.3 Å². The van der Waals surface area contributed by atoms with Crippen LogP contribution in [-0.2, 0) is 6.54 Å². The van der Waals surface area contributed by atoms with Crippen LogP contribution < -0.4 is 10.2 Å². The number of aromatic nitrogens is 2. The molecule has 2 aromatic carbocycles. The van der Waals surface area contributed by atoms with Gasteiger partial charge in [-0.3, -0.25) is 4.90 Å². The second kappa shape index (κ2) is 7.84. The van der Waals surface area contributed by atoms with Crippen molar-refractivity contribution in [3.05, 3.63) is 84.0 Å². The normalized spacial score (nSPS) is 10.5. The van der Waals surface area contributed by atoms with Crippen molar-refractivity contribution in [3.8, 4) is 10.8 Å². The Bertz CT molecular complexity index is 961. The molecular formula is C20H16N4O2S. The van der Waals surface area contributed by atoms with E-state index in [-0.39, 0.29) is 12.6 Å². The van der Waals surface area contributed by atoms with E-state index in [0.29, 0.717) is 11.7 Å². The van der Waals surface area contributed by atoms with Gasteiger partial charge >= 0.3 is 6.03 Å². The van der Waals surface area contributed by atoms with Gasteiger partial charge in [0.15, 0.2) is 5.82 Å². The van der Waals surface area contributed by atoms with Crippen molar-refractivity contribution in [2.75, 3.05) is 4.90 Å². The molecule has 0 unspecified atom stereocenters. The van der Waals surface area contributed by atoms with E-state index in [1.165, 1.54) is 11.3 Å². The summed E-state index contributed by atoms with van der Waals surface area (Å²) in [6.45, 7) is 0.171. The summed E-state index contributed by atoms with van der Waals surface area (Å²) in [6.07, 6.45) is 0. The minimum Gasteiger partial charge on any atom is -0.333 e. The Kier molecular flexibility index (Phi) is 4.93. The predicted octanol–water partition coefficient (Wildman–Crippen LogP) is 4.85. The molecule has 0 saturated heterocycles. The van der Waals surface area contributed by atoms with Gasteiger partial charge in [0.2, 0.25) is 0 Å². The molecule has 4 rings (SSSR count). The maximum atomic E-state index is 12.9. The number of carbonyl (C=O) groups is 1. The number of benzene rings is 2. The van der Waals surface area contributed by atoms with E-state index in [1.807, 2.05) is 78.2 Å². The number of hydrogen-bond acceptors (Lipinski definition) is 5. The Morgan fingerprint density at radius 3 is 2.22 bits per heavy atom. The highest BCUT2D eigenvalue weighted by atomic mass is 32.1. The molecular weight excluding hydrogens is 360 g/mol. The van der Waals surface area contributed by atoms with Gasteiger partial charge in [0.1, 0.15) is 0 Å². The number of anilines is 2. The molecule has 0 radical (unpaired) electrons. The van der Waals surface area contributed by atoms with E-state index in [1.54, 1.807) is 4.90 Å². The van der Waals surface area contributed by atoms with E-state index >= 15 is 0 Å². The summed E-state index contributed by atoms with van der Waals surface area (Å²) in [4.78, 5) is 19.7. The van der Waals surface area contributed by atoms with E-state index < -0.39 is 0 Å². The van der Waals surface area contributed by atoms with Gasteiger partial charge in [-0.05, 0) is 35.7 Å². The van der Waals surface area contributed by atoms with Crippen molar-refractivity contribution in [1.82, 2.24) is 15.5 Å². The monoisotopic (exact) mass is 376 g/mol. The average molecular weight is 376 g/mol. The van der Waals surface area contributed by atoms with Gasteiger partial charge in [0, 0.05) is 0 Å². The zero-order valence-corrected chi connectivity index (χ0v) is 15.1. The van der Waals surface area contributed by atoms with E-state index in [2.05, 4.69) is 15.5 Å². The molecule has 0 aliphatic rings. The highest BCUT2D eigenvalue weighted by Gasteiger charge is 2.18. The van der Waals surface area contributed by atoms with Gasteiger partial charge in [-0.2, -0.15) is 4.98 Å². The lowest BCUT2D eigenvalue weighted by molar-refractivity contribution is 0.248. The topological polar surface area (TPSA) is 71.3 Å². The summed E-state index contributed by atoms with van der Waals surface area (Å²) in [6, 6.07) is 22.5. The van der Waals surface area contributed by atoms with Crippen LogP contribution in [0.4, 0.5) is 16.2 Å². The summed E-state index contributed by atoms with van der Waals surface area (Å²) in [5, 5.41) is 8.74. The molecule has 134 valence electrons. The number of thiophene rings is 1. The number of urea groups is 1. The first kappa shape index (κ1) is 17.0. The molecule has 0 bridgehead atoms. The molecule has 0 atom stereocenters. The lowest BCUT2D eigenvalue weighted by Gasteiger charge is -2.23. The third kappa shape index (κ3) is 3.88. The largest absolute Gasteiger partial charge is 0.333 e. The van der Waals surface area contributed by atoms with Gasteiger partial charge in [-0.25, -0.2) is 4.79 Å². The second-order valence-electron chi connectivity index (χ2n) is 5.66. The summed E-state index contributed by atoms with van der Waals surface area (Å²) >= 11 is 1.52. The highest BCUT2D eigenvalue weighted by Crippen LogP contribution is 2.25. The summed E-state index contributed by atoms with van der Waals surface area (Å²) in [5.74, 6) is 0.880. The van der Waals surface area contributed by atoms with E-state index in [0.717, 1.165) is 16.3 Å². The highest BCUT2D eigenvalue weighted by molar-refractivity contribution is 7.13. The molecule has 0 aliphatic carbocycles. The molecule has 27 heavy (non-hydrogen) atoms. The number of para-hydroxylation sites is 2. The zero-order valence-electron chi connectivity index (χ0n) is 14.3. The first-order valence-electron chi connectivity index (χ1n) is 8.36. The smallest absolute Gasteiger partial charge is 0.326 e. The van der Waals surface area contributed by atoms with Crippen molar-refractivity contribution in [2.24, 2.45) is 0 Å². The summed E-state index contributed by atoms with van der Waals surface area (Å²) in [5.41, 5.74) is 1.54. The first-order chi connectivity index (χ1) is 13.3. The van der Waals surface area contributed by atoms with Crippen molar-refractivity contribution >= 4 is 28.7 Å². The third-order valence-corrected chi connectivity index (χ3v) is 4.69. The Labute approximate surface area is 160 Å². The standard InChI is InChI=1S/C20H16N4O2S/c25-20(21-14-18-22-19(26-23-18)17-12-7-13-27-17)24(15-8-3-1-4-9-15)16-10-5-2-6-11-16/h1-13H,14H2,(H,21,25). The first-order valence-corrected chi connectivity index (χ1v) is 9.24. The molecule has 6 nitrogen and oxygen atoms in total. The van der Waals surface area contributed by atoms with Crippen LogP contribution in [0.5, 0.6) is 0 Å². The fraction of sp³-hybridized carbons (Fsp3) is 0.0500. The quantitative estimate of drug-likeness (QED) is 0.541. The van der Waals surface area contributed by atoms with Crippen LogP contribution >= 0.6 is 11.3 Å². The van der Waals surface area contributed by atoms with Gasteiger partial charge in [0.25, 0.3) is 5.89 Å². The van der Waals surface area contributed by atoms with Crippen molar-refractivity contribution < 1.29 is 9.32 Å². The number of carbonyl (C=O) groups excluding carboxylic acids is 1. The SMILES string of the molecule is O=C(NCc1noc(-c2cccs2)n1)N(c1ccccc1)c1ccccc1. The molecule has 0 aliphatic heterocycles. The lowest BCUT2D eigenvalue weighted by Crippen LogP contribution is -2.36. The van der Waals surface area contributed by atoms with Crippen LogP contribution in [0.1, 0.15) is 5.82 Å². The molecule has 0 saturated carbocycles. The van der Waals surface area contributed by atoms with Crippen LogP contribution in [0, 0.1) is 0 Å². The van der Waals surface area contributed by atoms with Gasteiger partial charge < -0.3 is 9.84 Å². The Hall–Kier alpha value is -3.45. The van der Waals surface area contributed by atoms with Crippen molar-refractivity contribution in [3.63, 3.8) is 0 Å². The van der Waals surface area contributed by atoms with Crippen LogP contribution in [-0.4, -0.2) is 16.2 Å². The number of nitrogens with one attached hydrogen (secondary N) is 1. The van der Waals surface area contributed by atoms with Gasteiger partial charge in [0.05, 0.1) is 22.8 Å². The molecule has 4 aromatic rings. The number of nitrogens with zero attached hydrogens (tertiary/aromatic N) is 3. The Balaban J connectivity index is 1.51. The van der Waals surface area contributed by atoms with Crippen LogP contribution in [0.3, 0.4) is 0 Å². The van der Waals surface area contributed by atoms with Gasteiger partial charge in [-0.1, -0.05) is 47.6 Å². The third-order valence-electron chi connectivity index (χ3n) is 3.83.